The van der Waals surface area contributed by atoms with E-state index in [1.54, 1.807) is 0 Å². The molecule has 4 nitrogen and oxygen atoms in total. The van der Waals surface area contributed by atoms with E-state index >= 15 is 0 Å². The molecule has 32 heavy (non-hydrogen) atoms. The normalized spacial score (nSPS) is 21.2. The van der Waals surface area contributed by atoms with Crippen LogP contribution in [-0.2, 0) is 9.53 Å². The van der Waals surface area contributed by atoms with Gasteiger partial charge in [0.05, 0.1) is 5.60 Å². The molecule has 0 bridgehead atoms. The zero-order valence-corrected chi connectivity index (χ0v) is 23.1. The minimum atomic E-state index is -0.277. The first-order chi connectivity index (χ1) is 14.5. The highest BCUT2D eigenvalue weighted by Gasteiger charge is 2.36. The van der Waals surface area contributed by atoms with Gasteiger partial charge in [0.15, 0.2) is 0 Å². The molecule has 2 saturated heterocycles. The number of carbonyl (C=O) groups is 1. The van der Waals surface area contributed by atoms with Gasteiger partial charge in [0, 0.05) is 18.6 Å². The fraction of sp³-hybridized carbons (Fsp3) is 0.964. The van der Waals surface area contributed by atoms with E-state index < -0.39 is 0 Å². The van der Waals surface area contributed by atoms with Crippen molar-refractivity contribution in [3.63, 3.8) is 0 Å². The number of carbonyl (C=O) groups excluding carboxylic acids is 1. The Morgan fingerprint density at radius 2 is 1.16 bits per heavy atom. The van der Waals surface area contributed by atoms with Crippen LogP contribution in [0.4, 0.5) is 0 Å². The molecule has 0 saturated carbocycles. The first-order valence-electron chi connectivity index (χ1n) is 13.2. The summed E-state index contributed by atoms with van der Waals surface area (Å²) < 4.78 is 6.17. The van der Waals surface area contributed by atoms with Crippen LogP contribution in [0.15, 0.2) is 0 Å². The summed E-state index contributed by atoms with van der Waals surface area (Å²) in [6.45, 7) is 27.5. The average molecular weight is 451 g/mol. The lowest BCUT2D eigenvalue weighted by molar-refractivity contribution is -0.144. The molecular formula is C28H54N2O2. The number of ether oxygens (including phenoxy) is 1. The van der Waals surface area contributed by atoms with E-state index in [1.165, 1.54) is 25.9 Å². The van der Waals surface area contributed by atoms with Crippen LogP contribution in [-0.4, -0.2) is 59.6 Å². The molecular weight excluding hydrogens is 396 g/mol. The summed E-state index contributed by atoms with van der Waals surface area (Å²) in [4.78, 5) is 17.4. The number of hydrogen-bond donors (Lipinski definition) is 0. The van der Waals surface area contributed by atoms with Gasteiger partial charge in [-0.05, 0) is 102 Å². The Balaban J connectivity index is 1.75. The van der Waals surface area contributed by atoms with Gasteiger partial charge in [0.1, 0.15) is 6.61 Å². The van der Waals surface area contributed by atoms with Gasteiger partial charge >= 0.3 is 0 Å². The molecule has 0 atom stereocenters. The zero-order chi connectivity index (χ0) is 24.4. The van der Waals surface area contributed by atoms with Gasteiger partial charge in [0.2, 0.25) is 5.91 Å². The Morgan fingerprint density at radius 1 is 0.719 bits per heavy atom. The average Bonchev–Trinajstić information content (AvgIpc) is 2.70. The molecule has 0 unspecified atom stereocenters. The van der Waals surface area contributed by atoms with Gasteiger partial charge < -0.3 is 9.64 Å². The van der Waals surface area contributed by atoms with Crippen LogP contribution in [0.25, 0.3) is 0 Å². The van der Waals surface area contributed by atoms with Crippen molar-refractivity contribution >= 4 is 5.91 Å². The van der Waals surface area contributed by atoms with Crippen LogP contribution in [0.5, 0.6) is 0 Å². The predicted molar refractivity (Wildman–Crippen MR) is 136 cm³/mol. The first kappa shape index (κ1) is 27.6. The van der Waals surface area contributed by atoms with E-state index in [2.05, 4.69) is 74.1 Å². The Morgan fingerprint density at radius 3 is 1.59 bits per heavy atom. The molecule has 2 aliphatic heterocycles. The van der Waals surface area contributed by atoms with Gasteiger partial charge in [-0.1, -0.05) is 41.5 Å². The molecule has 0 aliphatic carbocycles. The van der Waals surface area contributed by atoms with Gasteiger partial charge in [-0.25, -0.2) is 0 Å². The molecule has 2 rings (SSSR count). The Labute approximate surface area is 199 Å². The molecule has 4 heteroatoms. The Kier molecular flexibility index (Phi) is 8.93. The summed E-state index contributed by atoms with van der Waals surface area (Å²) >= 11 is 0. The van der Waals surface area contributed by atoms with E-state index in [4.69, 9.17) is 4.74 Å². The number of piperidine rings is 2. The summed E-state index contributed by atoms with van der Waals surface area (Å²) in [7, 11) is 0. The second kappa shape index (κ2) is 10.3. The predicted octanol–water partition coefficient (Wildman–Crippen LogP) is 6.38. The van der Waals surface area contributed by atoms with Crippen LogP contribution < -0.4 is 0 Å². The SMILES string of the molecule is CC(C)(CCC(C)(C)N1CCC(C(C)(C)C)CC1)OCC(=O)N1CCC(C(C)(C)C)CC1. The summed E-state index contributed by atoms with van der Waals surface area (Å²) in [5, 5.41) is 0. The lowest BCUT2D eigenvalue weighted by Gasteiger charge is -2.46. The molecule has 0 radical (unpaired) electrons. The molecule has 0 aromatic heterocycles. The lowest BCUT2D eigenvalue weighted by atomic mass is 9.74. The minimum Gasteiger partial charge on any atom is -0.366 e. The van der Waals surface area contributed by atoms with Crippen LogP contribution in [0, 0.1) is 22.7 Å². The first-order valence-corrected chi connectivity index (χ1v) is 13.2. The smallest absolute Gasteiger partial charge is 0.248 e. The van der Waals surface area contributed by atoms with Gasteiger partial charge in [-0.3, -0.25) is 9.69 Å². The minimum absolute atomic E-state index is 0.161. The number of hydrogen-bond acceptors (Lipinski definition) is 3. The second-order valence-corrected chi connectivity index (χ2v) is 14.0. The van der Waals surface area contributed by atoms with Gasteiger partial charge in [-0.15, -0.1) is 0 Å². The standard InChI is InChI=1S/C28H54N2O2/c1-25(2,3)22-11-17-29(18-12-22)24(31)21-32-28(9,10)16-15-27(7,8)30-19-13-23(14-20-30)26(4,5)6/h22-23H,11-21H2,1-10H3. The summed E-state index contributed by atoms with van der Waals surface area (Å²) in [5.74, 6) is 1.70. The number of likely N-dealkylation sites (tertiary alicyclic amines) is 2. The van der Waals surface area contributed by atoms with Crippen molar-refractivity contribution < 1.29 is 9.53 Å². The molecule has 0 spiro atoms. The van der Waals surface area contributed by atoms with E-state index in [9.17, 15) is 4.79 Å². The molecule has 0 aromatic rings. The van der Waals surface area contributed by atoms with Crippen molar-refractivity contribution in [3.05, 3.63) is 0 Å². The van der Waals surface area contributed by atoms with Crippen molar-refractivity contribution in [3.8, 4) is 0 Å². The maximum absolute atomic E-state index is 12.8. The Bertz CT molecular complexity index is 596. The molecule has 188 valence electrons. The fourth-order valence-electron chi connectivity index (χ4n) is 5.53. The van der Waals surface area contributed by atoms with E-state index in [-0.39, 0.29) is 23.7 Å². The van der Waals surface area contributed by atoms with Gasteiger partial charge in [0.25, 0.3) is 0 Å². The lowest BCUT2D eigenvalue weighted by Crippen LogP contribution is -2.50. The molecule has 1 amide bonds. The number of nitrogens with zero attached hydrogens (tertiary/aromatic N) is 2. The van der Waals surface area contributed by atoms with Crippen molar-refractivity contribution in [1.29, 1.82) is 0 Å². The van der Waals surface area contributed by atoms with E-state index in [0.29, 0.717) is 16.7 Å². The third kappa shape index (κ3) is 8.01. The summed E-state index contributed by atoms with van der Waals surface area (Å²) in [6.07, 6.45) is 6.88. The van der Waals surface area contributed by atoms with Crippen LogP contribution in [0.3, 0.4) is 0 Å². The maximum atomic E-state index is 12.8. The zero-order valence-electron chi connectivity index (χ0n) is 23.1. The maximum Gasteiger partial charge on any atom is 0.248 e. The van der Waals surface area contributed by atoms with Gasteiger partial charge in [-0.2, -0.15) is 0 Å². The van der Waals surface area contributed by atoms with Crippen LogP contribution in [0.1, 0.15) is 108 Å². The number of amides is 1. The Hall–Kier alpha value is -0.610. The van der Waals surface area contributed by atoms with Crippen molar-refractivity contribution in [2.24, 2.45) is 22.7 Å². The van der Waals surface area contributed by atoms with Crippen LogP contribution >= 0.6 is 0 Å². The number of rotatable bonds is 7. The third-order valence-corrected chi connectivity index (χ3v) is 8.57. The van der Waals surface area contributed by atoms with Crippen molar-refractivity contribution in [2.75, 3.05) is 32.8 Å². The largest absolute Gasteiger partial charge is 0.366 e. The highest BCUT2D eigenvalue weighted by molar-refractivity contribution is 5.77. The highest BCUT2D eigenvalue weighted by atomic mass is 16.5. The van der Waals surface area contributed by atoms with Crippen molar-refractivity contribution in [1.82, 2.24) is 9.80 Å². The molecule has 0 N–H and O–H groups in total. The molecule has 2 aliphatic rings. The summed E-state index contributed by atoms with van der Waals surface area (Å²) in [5.41, 5.74) is 0.645. The second-order valence-electron chi connectivity index (χ2n) is 14.0. The molecule has 2 fully saturated rings. The van der Waals surface area contributed by atoms with Crippen molar-refractivity contribution in [2.45, 2.75) is 119 Å². The topological polar surface area (TPSA) is 32.8 Å². The quantitative estimate of drug-likeness (QED) is 0.451. The third-order valence-electron chi connectivity index (χ3n) is 8.57. The van der Waals surface area contributed by atoms with Crippen LogP contribution in [0.2, 0.25) is 0 Å². The fourth-order valence-corrected chi connectivity index (χ4v) is 5.53. The monoisotopic (exact) mass is 450 g/mol. The van der Waals surface area contributed by atoms with E-state index in [1.807, 2.05) is 4.90 Å². The highest BCUT2D eigenvalue weighted by Crippen LogP contribution is 2.38. The summed E-state index contributed by atoms with van der Waals surface area (Å²) in [6, 6.07) is 0. The molecule has 0 aromatic carbocycles. The van der Waals surface area contributed by atoms with E-state index in [0.717, 1.165) is 44.7 Å². The molecule has 2 heterocycles.